The van der Waals surface area contributed by atoms with E-state index in [9.17, 15) is 4.79 Å². The second kappa shape index (κ2) is 12.7. The molecule has 4 fully saturated rings. The van der Waals surface area contributed by atoms with Gasteiger partial charge in [0, 0.05) is 0 Å². The van der Waals surface area contributed by atoms with E-state index in [4.69, 9.17) is 4.74 Å². The Hall–Kier alpha value is -1.84. The van der Waals surface area contributed by atoms with Crippen LogP contribution in [0.15, 0.2) is 29.4 Å². The third-order valence-corrected chi connectivity index (χ3v) is 8.55. The Morgan fingerprint density at radius 1 is 0.882 bits per heavy atom. The number of hydrazone groups is 1. The third-order valence-electron chi connectivity index (χ3n) is 8.55. The van der Waals surface area contributed by atoms with E-state index < -0.39 is 0 Å². The van der Waals surface area contributed by atoms with Crippen LogP contribution in [0.25, 0.3) is 0 Å². The summed E-state index contributed by atoms with van der Waals surface area (Å²) in [5.74, 6) is 3.38. The Bertz CT molecular complexity index is 750. The zero-order valence-electron chi connectivity index (χ0n) is 21.4. The molecule has 1 amide bonds. The van der Waals surface area contributed by atoms with Crippen molar-refractivity contribution in [2.45, 2.75) is 110 Å². The first-order chi connectivity index (χ1) is 16.7. The van der Waals surface area contributed by atoms with Crippen LogP contribution in [0.2, 0.25) is 0 Å². The van der Waals surface area contributed by atoms with Crippen molar-refractivity contribution < 1.29 is 9.53 Å². The number of rotatable bonds is 15. The second-order valence-corrected chi connectivity index (χ2v) is 11.5. The lowest BCUT2D eigenvalue weighted by Gasteiger charge is -2.55. The lowest BCUT2D eigenvalue weighted by atomic mass is 9.49. The molecule has 4 heteroatoms. The molecule has 5 rings (SSSR count). The summed E-state index contributed by atoms with van der Waals surface area (Å²) in [5, 5.41) is 4.29. The van der Waals surface area contributed by atoms with E-state index in [1.54, 1.807) is 6.21 Å². The molecule has 34 heavy (non-hydrogen) atoms. The molecule has 4 bridgehead atoms. The maximum atomic E-state index is 13.0. The number of hydrogen-bond acceptors (Lipinski definition) is 3. The molecule has 4 aliphatic rings. The Morgan fingerprint density at radius 2 is 1.41 bits per heavy atom. The SMILES string of the molecule is CCCCCCCCCCCCOc1ccc(C=NNC(=O)C23CC4CC(CC(C4)C2)C3)cc1. The van der Waals surface area contributed by atoms with Gasteiger partial charge in [-0.25, -0.2) is 5.43 Å². The molecule has 1 aromatic carbocycles. The van der Waals surface area contributed by atoms with Gasteiger partial charge in [0.1, 0.15) is 5.75 Å². The fourth-order valence-corrected chi connectivity index (χ4v) is 7.10. The van der Waals surface area contributed by atoms with Crippen molar-refractivity contribution in [3.05, 3.63) is 29.8 Å². The van der Waals surface area contributed by atoms with Crippen LogP contribution in [0.3, 0.4) is 0 Å². The van der Waals surface area contributed by atoms with Gasteiger partial charge in [-0.2, -0.15) is 5.10 Å². The molecule has 4 aliphatic carbocycles. The number of benzene rings is 1. The maximum Gasteiger partial charge on any atom is 0.246 e. The van der Waals surface area contributed by atoms with E-state index in [-0.39, 0.29) is 11.3 Å². The molecule has 0 heterocycles. The predicted molar refractivity (Wildman–Crippen MR) is 140 cm³/mol. The summed E-state index contributed by atoms with van der Waals surface area (Å²) in [6.45, 7) is 3.06. The molecule has 4 saturated carbocycles. The average Bonchev–Trinajstić information content (AvgIpc) is 2.82. The van der Waals surface area contributed by atoms with Crippen LogP contribution in [-0.4, -0.2) is 18.7 Å². The number of unbranched alkanes of at least 4 members (excludes halogenated alkanes) is 9. The zero-order valence-corrected chi connectivity index (χ0v) is 21.4. The Morgan fingerprint density at radius 3 is 1.97 bits per heavy atom. The summed E-state index contributed by atoms with van der Waals surface area (Å²) in [5.41, 5.74) is 3.72. The van der Waals surface area contributed by atoms with Gasteiger partial charge in [-0.1, -0.05) is 64.7 Å². The molecule has 0 saturated heterocycles. The summed E-state index contributed by atoms with van der Waals surface area (Å²) in [6, 6.07) is 8.01. The van der Waals surface area contributed by atoms with E-state index in [0.717, 1.165) is 61.4 Å². The third kappa shape index (κ3) is 7.09. The normalized spacial score (nSPS) is 27.4. The lowest BCUT2D eigenvalue weighted by Crippen LogP contribution is -2.52. The molecule has 4 nitrogen and oxygen atoms in total. The number of hydrogen-bond donors (Lipinski definition) is 1. The molecule has 0 aliphatic heterocycles. The highest BCUT2D eigenvalue weighted by Crippen LogP contribution is 2.60. The first kappa shape index (κ1) is 25.3. The molecular formula is C30H46N2O2. The minimum absolute atomic E-state index is 0.140. The molecular weight excluding hydrogens is 420 g/mol. The summed E-state index contributed by atoms with van der Waals surface area (Å²) in [7, 11) is 0. The van der Waals surface area contributed by atoms with Gasteiger partial charge in [0.05, 0.1) is 18.2 Å². The standard InChI is InChI=1S/C30H46N2O2/c1-2-3-4-5-6-7-8-9-10-11-16-34-28-14-12-24(13-15-28)23-31-32-29(33)30-20-25-17-26(21-30)19-27(18-25)22-30/h12-15,23,25-27H,2-11,16-22H2,1H3,(H,32,33). The summed E-state index contributed by atoms with van der Waals surface area (Å²) in [6.07, 6.45) is 22.4. The van der Waals surface area contributed by atoms with Crippen LogP contribution in [0, 0.1) is 23.2 Å². The fraction of sp³-hybridized carbons (Fsp3) is 0.733. The molecule has 0 aromatic heterocycles. The summed E-state index contributed by atoms with van der Waals surface area (Å²) in [4.78, 5) is 13.0. The number of amides is 1. The summed E-state index contributed by atoms with van der Waals surface area (Å²) < 4.78 is 5.90. The highest BCUT2D eigenvalue weighted by Gasteiger charge is 2.54. The van der Waals surface area contributed by atoms with Crippen molar-refractivity contribution in [2.75, 3.05) is 6.61 Å². The quantitative estimate of drug-likeness (QED) is 0.164. The Kier molecular flexibility index (Phi) is 9.47. The minimum atomic E-state index is -0.140. The van der Waals surface area contributed by atoms with Crippen molar-refractivity contribution in [3.63, 3.8) is 0 Å². The predicted octanol–water partition coefficient (Wildman–Crippen LogP) is 7.65. The fourth-order valence-electron chi connectivity index (χ4n) is 7.10. The molecule has 188 valence electrons. The average molecular weight is 467 g/mol. The van der Waals surface area contributed by atoms with Crippen molar-refractivity contribution in [1.82, 2.24) is 5.43 Å². The molecule has 0 atom stereocenters. The van der Waals surface area contributed by atoms with Gasteiger partial charge in [-0.15, -0.1) is 0 Å². The Labute approximate surface area is 207 Å². The van der Waals surface area contributed by atoms with E-state index in [2.05, 4.69) is 17.5 Å². The molecule has 0 unspecified atom stereocenters. The smallest absolute Gasteiger partial charge is 0.246 e. The minimum Gasteiger partial charge on any atom is -0.494 e. The number of carbonyl (C=O) groups excluding carboxylic acids is 1. The Balaban J connectivity index is 1.08. The highest BCUT2D eigenvalue weighted by atomic mass is 16.5. The molecule has 1 aromatic rings. The van der Waals surface area contributed by atoms with Gasteiger partial charge in [0.2, 0.25) is 5.91 Å². The van der Waals surface area contributed by atoms with Crippen molar-refractivity contribution in [1.29, 1.82) is 0 Å². The van der Waals surface area contributed by atoms with E-state index in [1.807, 2.05) is 24.3 Å². The molecule has 0 spiro atoms. The van der Waals surface area contributed by atoms with E-state index in [1.165, 1.54) is 77.0 Å². The van der Waals surface area contributed by atoms with Crippen LogP contribution in [0.1, 0.15) is 115 Å². The van der Waals surface area contributed by atoms with Gasteiger partial charge >= 0.3 is 0 Å². The van der Waals surface area contributed by atoms with Crippen LogP contribution in [0.4, 0.5) is 0 Å². The topological polar surface area (TPSA) is 50.7 Å². The van der Waals surface area contributed by atoms with Gasteiger partial charge in [-0.3, -0.25) is 4.79 Å². The largest absolute Gasteiger partial charge is 0.494 e. The maximum absolute atomic E-state index is 13.0. The van der Waals surface area contributed by atoms with Gasteiger partial charge in [0.25, 0.3) is 0 Å². The van der Waals surface area contributed by atoms with Crippen LogP contribution >= 0.6 is 0 Å². The monoisotopic (exact) mass is 466 g/mol. The number of ether oxygens (including phenoxy) is 1. The van der Waals surface area contributed by atoms with Gasteiger partial charge in [0.15, 0.2) is 0 Å². The van der Waals surface area contributed by atoms with Gasteiger partial charge in [-0.05, 0) is 92.5 Å². The zero-order chi connectivity index (χ0) is 23.6. The second-order valence-electron chi connectivity index (χ2n) is 11.5. The molecule has 0 radical (unpaired) electrons. The number of nitrogens with one attached hydrogen (secondary N) is 1. The van der Waals surface area contributed by atoms with E-state index >= 15 is 0 Å². The highest BCUT2D eigenvalue weighted by molar-refractivity contribution is 5.85. The molecule has 1 N–H and O–H groups in total. The van der Waals surface area contributed by atoms with Crippen LogP contribution in [-0.2, 0) is 4.79 Å². The van der Waals surface area contributed by atoms with Crippen molar-refractivity contribution in [3.8, 4) is 5.75 Å². The lowest BCUT2D eigenvalue weighted by molar-refractivity contribution is -0.146. The van der Waals surface area contributed by atoms with Crippen molar-refractivity contribution in [2.24, 2.45) is 28.3 Å². The van der Waals surface area contributed by atoms with Crippen LogP contribution in [0.5, 0.6) is 5.75 Å². The van der Waals surface area contributed by atoms with E-state index in [0.29, 0.717) is 0 Å². The van der Waals surface area contributed by atoms with Crippen LogP contribution < -0.4 is 10.2 Å². The first-order valence-corrected chi connectivity index (χ1v) is 14.2. The summed E-state index contributed by atoms with van der Waals surface area (Å²) >= 11 is 0. The van der Waals surface area contributed by atoms with Crippen molar-refractivity contribution >= 4 is 12.1 Å². The van der Waals surface area contributed by atoms with Gasteiger partial charge < -0.3 is 4.74 Å². The number of carbonyl (C=O) groups is 1. The number of nitrogens with zero attached hydrogens (tertiary/aromatic N) is 1. The first-order valence-electron chi connectivity index (χ1n) is 14.2.